The summed E-state index contributed by atoms with van der Waals surface area (Å²) in [4.78, 5) is 4.02. The Morgan fingerprint density at radius 3 is 2.62 bits per heavy atom. The normalized spacial score (nSPS) is 10.1. The monoisotopic (exact) mass is 233 g/mol. The van der Waals surface area contributed by atoms with Crippen molar-refractivity contribution in [3.8, 4) is 11.5 Å². The van der Waals surface area contributed by atoms with Crippen LogP contribution in [0.4, 0.5) is 0 Å². The molecule has 2 aromatic rings. The highest BCUT2D eigenvalue weighted by Gasteiger charge is 2.03. The Balaban J connectivity index is 2.23. The van der Waals surface area contributed by atoms with Gasteiger partial charge in [0.15, 0.2) is 0 Å². The molecule has 0 spiro atoms. The molecule has 2 nitrogen and oxygen atoms in total. The van der Waals surface area contributed by atoms with Crippen LogP contribution in [0.3, 0.4) is 0 Å². The Morgan fingerprint density at radius 2 is 1.94 bits per heavy atom. The molecule has 0 saturated heterocycles. The molecule has 0 atom stereocenters. The lowest BCUT2D eigenvalue weighted by Gasteiger charge is -2.08. The maximum atomic E-state index is 5.82. The van der Waals surface area contributed by atoms with Crippen LogP contribution in [0, 0.1) is 6.92 Å². The third kappa shape index (κ3) is 2.52. The minimum Gasteiger partial charge on any atom is -0.455 e. The van der Waals surface area contributed by atoms with Gasteiger partial charge in [0.25, 0.3) is 0 Å². The van der Waals surface area contributed by atoms with Crippen molar-refractivity contribution in [2.75, 3.05) is 0 Å². The van der Waals surface area contributed by atoms with E-state index in [1.807, 2.05) is 37.3 Å². The van der Waals surface area contributed by atoms with Crippen LogP contribution in [0.2, 0.25) is 0 Å². The third-order valence-electron chi connectivity index (χ3n) is 2.26. The van der Waals surface area contributed by atoms with E-state index in [1.165, 1.54) is 5.56 Å². The van der Waals surface area contributed by atoms with Crippen LogP contribution >= 0.6 is 11.6 Å². The van der Waals surface area contributed by atoms with E-state index in [2.05, 4.69) is 4.98 Å². The highest BCUT2D eigenvalue weighted by atomic mass is 35.5. The van der Waals surface area contributed by atoms with Crippen molar-refractivity contribution in [1.82, 2.24) is 4.98 Å². The quantitative estimate of drug-likeness (QED) is 0.750. The predicted octanol–water partition coefficient (Wildman–Crippen LogP) is 3.92. The molecule has 0 aliphatic heterocycles. The molecule has 1 heterocycles. The van der Waals surface area contributed by atoms with Gasteiger partial charge in [0, 0.05) is 11.8 Å². The van der Waals surface area contributed by atoms with Crippen molar-refractivity contribution in [3.05, 3.63) is 53.9 Å². The summed E-state index contributed by atoms with van der Waals surface area (Å²) in [7, 11) is 0. The molecule has 1 aromatic heterocycles. The summed E-state index contributed by atoms with van der Waals surface area (Å²) in [5.41, 5.74) is 2.15. The van der Waals surface area contributed by atoms with Crippen molar-refractivity contribution in [3.63, 3.8) is 0 Å². The van der Waals surface area contributed by atoms with E-state index < -0.39 is 0 Å². The first-order chi connectivity index (χ1) is 7.79. The molecule has 0 aliphatic rings. The van der Waals surface area contributed by atoms with Gasteiger partial charge in [-0.1, -0.05) is 17.7 Å². The molecular weight excluding hydrogens is 222 g/mol. The average molecular weight is 234 g/mol. The zero-order valence-corrected chi connectivity index (χ0v) is 9.74. The van der Waals surface area contributed by atoms with Crippen molar-refractivity contribution < 1.29 is 4.74 Å². The zero-order valence-electron chi connectivity index (χ0n) is 8.98. The summed E-state index contributed by atoms with van der Waals surface area (Å²) in [6.45, 7) is 2.04. The standard InChI is InChI=1S/C13H12ClNO/c1-10-2-4-12(5-3-10)16-13-9-15-7-6-11(13)8-14/h2-7,9H,8H2,1H3. The molecule has 0 fully saturated rings. The van der Waals surface area contributed by atoms with Crippen LogP contribution in [0.1, 0.15) is 11.1 Å². The molecule has 0 N–H and O–H groups in total. The van der Waals surface area contributed by atoms with E-state index in [0.717, 1.165) is 11.3 Å². The molecule has 2 rings (SSSR count). The maximum Gasteiger partial charge on any atom is 0.150 e. The third-order valence-corrected chi connectivity index (χ3v) is 2.55. The van der Waals surface area contributed by atoms with Gasteiger partial charge in [-0.25, -0.2) is 0 Å². The van der Waals surface area contributed by atoms with Crippen molar-refractivity contribution >= 4 is 11.6 Å². The summed E-state index contributed by atoms with van der Waals surface area (Å²) >= 11 is 5.82. The number of nitrogens with zero attached hydrogens (tertiary/aromatic N) is 1. The fourth-order valence-corrected chi connectivity index (χ4v) is 1.57. The van der Waals surface area contributed by atoms with E-state index in [9.17, 15) is 0 Å². The van der Waals surface area contributed by atoms with E-state index in [4.69, 9.17) is 16.3 Å². The summed E-state index contributed by atoms with van der Waals surface area (Å²) in [6, 6.07) is 9.73. The Bertz CT molecular complexity index is 468. The van der Waals surface area contributed by atoms with E-state index >= 15 is 0 Å². The maximum absolute atomic E-state index is 5.82. The van der Waals surface area contributed by atoms with Crippen LogP contribution in [-0.2, 0) is 5.88 Å². The minimum absolute atomic E-state index is 0.420. The molecule has 82 valence electrons. The van der Waals surface area contributed by atoms with Crippen LogP contribution in [-0.4, -0.2) is 4.98 Å². The smallest absolute Gasteiger partial charge is 0.150 e. The first-order valence-corrected chi connectivity index (χ1v) is 5.56. The number of aromatic nitrogens is 1. The van der Waals surface area contributed by atoms with Gasteiger partial charge in [0.1, 0.15) is 11.5 Å². The molecule has 0 radical (unpaired) electrons. The second kappa shape index (κ2) is 4.99. The van der Waals surface area contributed by atoms with Crippen LogP contribution in [0.15, 0.2) is 42.7 Å². The van der Waals surface area contributed by atoms with Crippen LogP contribution in [0.25, 0.3) is 0 Å². The SMILES string of the molecule is Cc1ccc(Oc2cnccc2CCl)cc1. The van der Waals surface area contributed by atoms with Gasteiger partial charge in [-0.3, -0.25) is 4.98 Å². The Hall–Kier alpha value is -1.54. The number of halogens is 1. The van der Waals surface area contributed by atoms with E-state index in [1.54, 1.807) is 12.4 Å². The number of aryl methyl sites for hydroxylation is 1. The minimum atomic E-state index is 0.420. The van der Waals surface area contributed by atoms with Crippen molar-refractivity contribution in [1.29, 1.82) is 0 Å². The second-order valence-electron chi connectivity index (χ2n) is 3.53. The lowest BCUT2D eigenvalue weighted by molar-refractivity contribution is 0.476. The first-order valence-electron chi connectivity index (χ1n) is 5.03. The number of hydrogen-bond acceptors (Lipinski definition) is 2. The highest BCUT2D eigenvalue weighted by molar-refractivity contribution is 6.17. The van der Waals surface area contributed by atoms with E-state index in [-0.39, 0.29) is 0 Å². The number of ether oxygens (including phenoxy) is 1. The van der Waals surface area contributed by atoms with Gasteiger partial charge < -0.3 is 4.74 Å². The fourth-order valence-electron chi connectivity index (χ4n) is 1.34. The molecule has 0 bridgehead atoms. The highest BCUT2D eigenvalue weighted by Crippen LogP contribution is 2.25. The molecule has 1 aromatic carbocycles. The summed E-state index contributed by atoms with van der Waals surface area (Å²) < 4.78 is 5.71. The Morgan fingerprint density at radius 1 is 1.19 bits per heavy atom. The van der Waals surface area contributed by atoms with Crippen molar-refractivity contribution in [2.24, 2.45) is 0 Å². The molecule has 0 saturated carbocycles. The Kier molecular flexibility index (Phi) is 3.42. The Labute approximate surface area is 99.9 Å². The molecule has 16 heavy (non-hydrogen) atoms. The number of rotatable bonds is 3. The molecule has 3 heteroatoms. The largest absolute Gasteiger partial charge is 0.455 e. The molecule has 0 amide bonds. The molecular formula is C13H12ClNO. The fraction of sp³-hybridized carbons (Fsp3) is 0.154. The summed E-state index contributed by atoms with van der Waals surface area (Å²) in [5.74, 6) is 1.93. The number of benzene rings is 1. The van der Waals surface area contributed by atoms with Gasteiger partial charge in [0.05, 0.1) is 12.1 Å². The van der Waals surface area contributed by atoms with Gasteiger partial charge in [-0.2, -0.15) is 0 Å². The van der Waals surface area contributed by atoms with Gasteiger partial charge in [0.2, 0.25) is 0 Å². The van der Waals surface area contributed by atoms with Crippen LogP contribution in [0.5, 0.6) is 11.5 Å². The van der Waals surface area contributed by atoms with Gasteiger partial charge in [-0.05, 0) is 25.1 Å². The van der Waals surface area contributed by atoms with Gasteiger partial charge >= 0.3 is 0 Å². The number of alkyl halides is 1. The lowest BCUT2D eigenvalue weighted by atomic mass is 10.2. The number of pyridine rings is 1. The predicted molar refractivity (Wildman–Crippen MR) is 65.0 cm³/mol. The van der Waals surface area contributed by atoms with E-state index in [0.29, 0.717) is 11.6 Å². The van der Waals surface area contributed by atoms with Crippen LogP contribution < -0.4 is 4.74 Å². The first kappa shape index (κ1) is 11.0. The summed E-state index contributed by atoms with van der Waals surface area (Å²) in [6.07, 6.45) is 3.39. The molecule has 0 unspecified atom stereocenters. The topological polar surface area (TPSA) is 22.1 Å². The van der Waals surface area contributed by atoms with Gasteiger partial charge in [-0.15, -0.1) is 11.6 Å². The average Bonchev–Trinajstić information content (AvgIpc) is 2.33. The number of hydrogen-bond donors (Lipinski definition) is 0. The summed E-state index contributed by atoms with van der Waals surface area (Å²) in [5, 5.41) is 0. The lowest BCUT2D eigenvalue weighted by Crippen LogP contribution is -1.90. The second-order valence-corrected chi connectivity index (χ2v) is 3.80. The van der Waals surface area contributed by atoms with Crippen molar-refractivity contribution in [2.45, 2.75) is 12.8 Å². The zero-order chi connectivity index (χ0) is 11.4. The molecule has 0 aliphatic carbocycles.